The molecule has 0 atom stereocenters. The van der Waals surface area contributed by atoms with E-state index in [1.807, 2.05) is 6.07 Å². The molecule has 0 aliphatic rings. The molecule has 1 rings (SSSR count). The lowest BCUT2D eigenvalue weighted by Gasteiger charge is -2.14. The molecule has 0 aliphatic heterocycles. The number of halogens is 1. The number of hydrogen-bond acceptors (Lipinski definition) is 2. The number of carbonyl (C=O) groups excluding carboxylic acids is 1. The summed E-state index contributed by atoms with van der Waals surface area (Å²) in [4.78, 5) is 11.0. The van der Waals surface area contributed by atoms with Crippen molar-refractivity contribution in [1.82, 2.24) is 10.2 Å². The number of aromatic nitrogens is 2. The summed E-state index contributed by atoms with van der Waals surface area (Å²) >= 11 is 3.07. The lowest BCUT2D eigenvalue weighted by atomic mass is 9.92. The molecule has 0 saturated carbocycles. The van der Waals surface area contributed by atoms with Crippen LogP contribution in [0.5, 0.6) is 0 Å². The number of nitrogens with zero attached hydrogens (tertiary/aromatic N) is 1. The summed E-state index contributed by atoms with van der Waals surface area (Å²) < 4.78 is 0. The molecule has 0 fully saturated rings. The van der Waals surface area contributed by atoms with Gasteiger partial charge in [-0.15, -0.1) is 0 Å². The highest BCUT2D eigenvalue weighted by atomic mass is 79.9. The number of carbonyl (C=O) groups is 1. The van der Waals surface area contributed by atoms with Crippen molar-refractivity contribution in [3.63, 3.8) is 0 Å². The SMILES string of the molecule is CC(C)(C)c1cc(NC(=O)CBr)n[nH]1. The van der Waals surface area contributed by atoms with Crippen molar-refractivity contribution in [3.05, 3.63) is 11.8 Å². The highest BCUT2D eigenvalue weighted by Crippen LogP contribution is 2.21. The molecule has 14 heavy (non-hydrogen) atoms. The number of amides is 1. The van der Waals surface area contributed by atoms with Crippen LogP contribution >= 0.6 is 15.9 Å². The Hall–Kier alpha value is -0.840. The van der Waals surface area contributed by atoms with Crippen molar-refractivity contribution in [3.8, 4) is 0 Å². The summed E-state index contributed by atoms with van der Waals surface area (Å²) in [5, 5.41) is 9.83. The third kappa shape index (κ3) is 2.83. The number of H-pyrrole nitrogens is 1. The van der Waals surface area contributed by atoms with E-state index in [4.69, 9.17) is 0 Å². The minimum Gasteiger partial charge on any atom is -0.308 e. The molecule has 4 nitrogen and oxygen atoms in total. The van der Waals surface area contributed by atoms with Gasteiger partial charge >= 0.3 is 0 Å². The summed E-state index contributed by atoms with van der Waals surface area (Å²) in [5.74, 6) is 0.469. The van der Waals surface area contributed by atoms with Crippen LogP contribution in [-0.2, 0) is 10.2 Å². The fourth-order valence-corrected chi connectivity index (χ4v) is 1.09. The van der Waals surface area contributed by atoms with E-state index >= 15 is 0 Å². The Morgan fingerprint density at radius 1 is 1.64 bits per heavy atom. The maximum Gasteiger partial charge on any atom is 0.236 e. The summed E-state index contributed by atoms with van der Waals surface area (Å²) in [6.07, 6.45) is 0. The predicted octanol–water partition coefficient (Wildman–Crippen LogP) is 2.04. The van der Waals surface area contributed by atoms with E-state index in [0.29, 0.717) is 5.82 Å². The van der Waals surface area contributed by atoms with Gasteiger partial charge in [0.15, 0.2) is 5.82 Å². The largest absolute Gasteiger partial charge is 0.308 e. The van der Waals surface area contributed by atoms with Crippen LogP contribution in [0.1, 0.15) is 26.5 Å². The second-order valence-electron chi connectivity index (χ2n) is 4.10. The van der Waals surface area contributed by atoms with Gasteiger partial charge in [-0.2, -0.15) is 5.10 Å². The molecule has 5 heteroatoms. The second kappa shape index (κ2) is 4.13. The van der Waals surface area contributed by atoms with Gasteiger partial charge in [-0.05, 0) is 0 Å². The maximum atomic E-state index is 11.0. The van der Waals surface area contributed by atoms with Crippen molar-refractivity contribution in [2.75, 3.05) is 10.6 Å². The molecule has 1 aromatic heterocycles. The summed E-state index contributed by atoms with van der Waals surface area (Å²) in [7, 11) is 0. The van der Waals surface area contributed by atoms with Gasteiger partial charge in [-0.3, -0.25) is 9.89 Å². The Labute approximate surface area is 91.6 Å². The zero-order chi connectivity index (χ0) is 10.8. The summed E-state index contributed by atoms with van der Waals surface area (Å²) in [5.41, 5.74) is 1.02. The molecule has 1 heterocycles. The number of anilines is 1. The van der Waals surface area contributed by atoms with Gasteiger partial charge in [0.1, 0.15) is 0 Å². The minimum atomic E-state index is -0.100. The van der Waals surface area contributed by atoms with Gasteiger partial charge in [0.05, 0.1) is 5.33 Å². The minimum absolute atomic E-state index is 0.0182. The molecule has 0 saturated heterocycles. The highest BCUT2D eigenvalue weighted by Gasteiger charge is 2.16. The van der Waals surface area contributed by atoms with Crippen LogP contribution in [-0.4, -0.2) is 21.4 Å². The molecule has 2 N–H and O–H groups in total. The molecule has 0 radical (unpaired) electrons. The third-order valence-electron chi connectivity index (χ3n) is 1.77. The Bertz CT molecular complexity index is 327. The number of rotatable bonds is 2. The van der Waals surface area contributed by atoms with Crippen LogP contribution < -0.4 is 5.32 Å². The van der Waals surface area contributed by atoms with Crippen LogP contribution in [0.2, 0.25) is 0 Å². The first-order chi connectivity index (χ1) is 6.43. The highest BCUT2D eigenvalue weighted by molar-refractivity contribution is 9.09. The standard InChI is InChI=1S/C9H14BrN3O/c1-9(2,3)6-4-7(13-12-6)11-8(14)5-10/h4H,5H2,1-3H3,(H2,11,12,13,14). The molecule has 1 aromatic rings. The summed E-state index contributed by atoms with van der Waals surface area (Å²) in [6, 6.07) is 1.85. The van der Waals surface area contributed by atoms with Crippen molar-refractivity contribution in [2.24, 2.45) is 0 Å². The van der Waals surface area contributed by atoms with E-state index in [0.717, 1.165) is 5.69 Å². The molecule has 0 aromatic carbocycles. The number of nitrogens with one attached hydrogen (secondary N) is 2. The normalized spacial score (nSPS) is 11.4. The van der Waals surface area contributed by atoms with Crippen LogP contribution in [0.3, 0.4) is 0 Å². The average molecular weight is 260 g/mol. The Kier molecular flexibility index (Phi) is 3.31. The first-order valence-corrected chi connectivity index (χ1v) is 5.47. The van der Waals surface area contributed by atoms with Gasteiger partial charge in [-0.25, -0.2) is 0 Å². The predicted molar refractivity (Wildman–Crippen MR) is 59.7 cm³/mol. The van der Waals surface area contributed by atoms with E-state index in [-0.39, 0.29) is 16.7 Å². The molecule has 1 amide bonds. The monoisotopic (exact) mass is 259 g/mol. The molecule has 0 aliphatic carbocycles. The van der Waals surface area contributed by atoms with Gasteiger partial charge in [0.2, 0.25) is 5.91 Å². The van der Waals surface area contributed by atoms with E-state index < -0.39 is 0 Å². The Balaban J connectivity index is 2.74. The zero-order valence-corrected chi connectivity index (χ0v) is 10.1. The lowest BCUT2D eigenvalue weighted by Crippen LogP contribution is -2.12. The number of aromatic amines is 1. The van der Waals surface area contributed by atoms with Crippen molar-refractivity contribution in [1.29, 1.82) is 0 Å². The van der Waals surface area contributed by atoms with Crippen LogP contribution in [0, 0.1) is 0 Å². The fourth-order valence-electron chi connectivity index (χ4n) is 0.946. The fraction of sp³-hybridized carbons (Fsp3) is 0.556. The Morgan fingerprint density at radius 2 is 2.29 bits per heavy atom. The van der Waals surface area contributed by atoms with Crippen molar-refractivity contribution in [2.45, 2.75) is 26.2 Å². The topological polar surface area (TPSA) is 57.8 Å². The third-order valence-corrected chi connectivity index (χ3v) is 2.28. The second-order valence-corrected chi connectivity index (χ2v) is 4.66. The molecular weight excluding hydrogens is 246 g/mol. The molecule has 0 spiro atoms. The maximum absolute atomic E-state index is 11.0. The molecule has 0 unspecified atom stereocenters. The van der Waals surface area contributed by atoms with E-state index in [1.54, 1.807) is 0 Å². The van der Waals surface area contributed by atoms with Crippen LogP contribution in [0.4, 0.5) is 5.82 Å². The molecular formula is C9H14BrN3O. The van der Waals surface area contributed by atoms with Gasteiger partial charge in [-0.1, -0.05) is 36.7 Å². The lowest BCUT2D eigenvalue weighted by molar-refractivity contribution is -0.113. The molecule has 78 valence electrons. The van der Waals surface area contributed by atoms with Crippen LogP contribution in [0.25, 0.3) is 0 Å². The number of alkyl halides is 1. The van der Waals surface area contributed by atoms with E-state index in [9.17, 15) is 4.79 Å². The van der Waals surface area contributed by atoms with E-state index in [2.05, 4.69) is 52.2 Å². The summed E-state index contributed by atoms with van der Waals surface area (Å²) in [6.45, 7) is 6.24. The average Bonchev–Trinajstić information content (AvgIpc) is 2.51. The van der Waals surface area contributed by atoms with E-state index in [1.165, 1.54) is 0 Å². The zero-order valence-electron chi connectivity index (χ0n) is 8.52. The number of hydrogen-bond donors (Lipinski definition) is 2. The van der Waals surface area contributed by atoms with Crippen molar-refractivity contribution < 1.29 is 4.79 Å². The first kappa shape index (κ1) is 11.2. The van der Waals surface area contributed by atoms with Gasteiger partial charge in [0, 0.05) is 17.2 Å². The quantitative estimate of drug-likeness (QED) is 0.799. The van der Waals surface area contributed by atoms with Gasteiger partial charge < -0.3 is 5.32 Å². The first-order valence-electron chi connectivity index (χ1n) is 4.35. The Morgan fingerprint density at radius 3 is 2.71 bits per heavy atom. The molecule has 0 bridgehead atoms. The van der Waals surface area contributed by atoms with Crippen LogP contribution in [0.15, 0.2) is 6.07 Å². The smallest absolute Gasteiger partial charge is 0.236 e. The van der Waals surface area contributed by atoms with Gasteiger partial charge in [0.25, 0.3) is 0 Å². The van der Waals surface area contributed by atoms with Crippen molar-refractivity contribution >= 4 is 27.7 Å².